The van der Waals surface area contributed by atoms with Gasteiger partial charge in [0, 0.05) is 19.0 Å². The van der Waals surface area contributed by atoms with E-state index in [4.69, 9.17) is 9.47 Å². The van der Waals surface area contributed by atoms with Gasteiger partial charge in [-0.1, -0.05) is 0 Å². The molecule has 0 aliphatic heterocycles. The quantitative estimate of drug-likeness (QED) is 0.687. The van der Waals surface area contributed by atoms with Gasteiger partial charge in [-0.3, -0.25) is 9.10 Å². The van der Waals surface area contributed by atoms with Crippen molar-refractivity contribution >= 4 is 27.3 Å². The van der Waals surface area contributed by atoms with E-state index in [-0.39, 0.29) is 25.3 Å². The van der Waals surface area contributed by atoms with Gasteiger partial charge in [0.25, 0.3) is 0 Å². The van der Waals surface area contributed by atoms with Crippen LogP contribution in [0, 0.1) is 5.82 Å². The zero-order chi connectivity index (χ0) is 20.7. The zero-order valence-electron chi connectivity index (χ0n) is 15.9. The van der Waals surface area contributed by atoms with Crippen LogP contribution >= 0.6 is 0 Å². The third kappa shape index (κ3) is 5.85. The van der Waals surface area contributed by atoms with E-state index in [9.17, 15) is 17.6 Å². The average molecular weight is 410 g/mol. The first-order valence-corrected chi connectivity index (χ1v) is 10.3. The number of carbonyl (C=O) groups excluding carboxylic acids is 1. The predicted octanol–water partition coefficient (Wildman–Crippen LogP) is 3.03. The van der Waals surface area contributed by atoms with Crippen LogP contribution in [0.4, 0.5) is 15.8 Å². The smallest absolute Gasteiger partial charge is 0.232 e. The molecule has 2 rings (SSSR count). The Balaban J connectivity index is 2.01. The molecular weight excluding hydrogens is 387 g/mol. The van der Waals surface area contributed by atoms with E-state index in [1.54, 1.807) is 18.2 Å². The van der Waals surface area contributed by atoms with Crippen LogP contribution in [0.1, 0.15) is 12.8 Å². The van der Waals surface area contributed by atoms with Crippen LogP contribution in [0.15, 0.2) is 42.5 Å². The monoisotopic (exact) mass is 410 g/mol. The predicted molar refractivity (Wildman–Crippen MR) is 106 cm³/mol. The van der Waals surface area contributed by atoms with Crippen molar-refractivity contribution in [3.63, 3.8) is 0 Å². The maximum Gasteiger partial charge on any atom is 0.232 e. The average Bonchev–Trinajstić information content (AvgIpc) is 2.65. The molecule has 0 bridgehead atoms. The largest absolute Gasteiger partial charge is 0.497 e. The topological polar surface area (TPSA) is 84.9 Å². The van der Waals surface area contributed by atoms with Crippen molar-refractivity contribution in [3.05, 3.63) is 48.3 Å². The Morgan fingerprint density at radius 1 is 1.11 bits per heavy atom. The van der Waals surface area contributed by atoms with E-state index >= 15 is 0 Å². The Labute approximate surface area is 164 Å². The van der Waals surface area contributed by atoms with Crippen molar-refractivity contribution < 1.29 is 27.1 Å². The summed E-state index contributed by atoms with van der Waals surface area (Å²) in [6.07, 6.45) is 1.44. The minimum absolute atomic E-state index is 0.0904. The van der Waals surface area contributed by atoms with Gasteiger partial charge in [0.1, 0.15) is 17.3 Å². The van der Waals surface area contributed by atoms with Gasteiger partial charge in [-0.15, -0.1) is 0 Å². The fourth-order valence-corrected chi connectivity index (χ4v) is 3.57. The Morgan fingerprint density at radius 2 is 1.79 bits per heavy atom. The van der Waals surface area contributed by atoms with Crippen molar-refractivity contribution in [1.29, 1.82) is 0 Å². The number of hydrogen-bond acceptors (Lipinski definition) is 5. The summed E-state index contributed by atoms with van der Waals surface area (Å²) in [6, 6.07) is 10.2. The van der Waals surface area contributed by atoms with E-state index in [0.717, 1.165) is 10.6 Å². The SMILES string of the molecule is COc1ccc(OC)c(NC(=O)CCCN(c2ccc(F)cc2)S(C)(=O)=O)c1. The van der Waals surface area contributed by atoms with Gasteiger partial charge in [0.15, 0.2) is 0 Å². The second-order valence-corrected chi connectivity index (χ2v) is 7.94. The highest BCUT2D eigenvalue weighted by Gasteiger charge is 2.18. The first kappa shape index (κ1) is 21.5. The molecule has 0 aliphatic carbocycles. The molecule has 0 atom stereocenters. The first-order chi connectivity index (χ1) is 13.2. The number of anilines is 2. The summed E-state index contributed by atoms with van der Waals surface area (Å²) in [4.78, 5) is 12.3. The maximum absolute atomic E-state index is 13.1. The number of nitrogens with zero attached hydrogens (tertiary/aromatic N) is 1. The minimum atomic E-state index is -3.56. The molecular formula is C19H23FN2O5S. The van der Waals surface area contributed by atoms with E-state index in [1.807, 2.05) is 0 Å². The van der Waals surface area contributed by atoms with Gasteiger partial charge in [0.05, 0.1) is 31.9 Å². The van der Waals surface area contributed by atoms with Crippen molar-refractivity contribution in [2.75, 3.05) is 36.6 Å². The molecule has 0 radical (unpaired) electrons. The fraction of sp³-hybridized carbons (Fsp3) is 0.316. The van der Waals surface area contributed by atoms with Crippen LogP contribution in [-0.2, 0) is 14.8 Å². The van der Waals surface area contributed by atoms with Gasteiger partial charge < -0.3 is 14.8 Å². The van der Waals surface area contributed by atoms with Crippen LogP contribution in [0.2, 0.25) is 0 Å². The highest BCUT2D eigenvalue weighted by Crippen LogP contribution is 2.29. The number of nitrogens with one attached hydrogen (secondary N) is 1. The molecule has 0 unspecified atom stereocenters. The van der Waals surface area contributed by atoms with E-state index in [2.05, 4.69) is 5.32 Å². The van der Waals surface area contributed by atoms with Gasteiger partial charge >= 0.3 is 0 Å². The molecule has 9 heteroatoms. The van der Waals surface area contributed by atoms with Crippen LogP contribution in [0.25, 0.3) is 0 Å². The number of rotatable bonds is 9. The molecule has 2 aromatic rings. The van der Waals surface area contributed by atoms with Gasteiger partial charge in [-0.25, -0.2) is 12.8 Å². The second kappa shape index (κ2) is 9.41. The van der Waals surface area contributed by atoms with Crippen LogP contribution in [0.5, 0.6) is 11.5 Å². The van der Waals surface area contributed by atoms with Crippen molar-refractivity contribution in [1.82, 2.24) is 0 Å². The highest BCUT2D eigenvalue weighted by molar-refractivity contribution is 7.92. The van der Waals surface area contributed by atoms with E-state index in [0.29, 0.717) is 22.9 Å². The third-order valence-corrected chi connectivity index (χ3v) is 5.15. The summed E-state index contributed by atoms with van der Waals surface area (Å²) < 4.78 is 48.7. The van der Waals surface area contributed by atoms with Crippen molar-refractivity contribution in [2.24, 2.45) is 0 Å². The van der Waals surface area contributed by atoms with Crippen molar-refractivity contribution in [3.8, 4) is 11.5 Å². The normalized spacial score (nSPS) is 11.0. The number of amides is 1. The summed E-state index contributed by atoms with van der Waals surface area (Å²) in [7, 11) is -0.558. The van der Waals surface area contributed by atoms with Crippen LogP contribution < -0.4 is 19.1 Å². The zero-order valence-corrected chi connectivity index (χ0v) is 16.8. The van der Waals surface area contributed by atoms with Crippen LogP contribution in [0.3, 0.4) is 0 Å². The molecule has 1 amide bonds. The molecule has 0 spiro atoms. The first-order valence-electron chi connectivity index (χ1n) is 8.49. The Kier molecular flexibility index (Phi) is 7.22. The number of ether oxygens (including phenoxy) is 2. The number of benzene rings is 2. The summed E-state index contributed by atoms with van der Waals surface area (Å²) >= 11 is 0. The standard InChI is InChI=1S/C19H23FN2O5S/c1-26-16-10-11-18(27-2)17(13-16)21-19(23)5-4-12-22(28(3,24)25)15-8-6-14(20)7-9-15/h6-11,13H,4-5,12H2,1-3H3,(H,21,23). The van der Waals surface area contributed by atoms with Crippen LogP contribution in [-0.4, -0.2) is 41.3 Å². The fourth-order valence-electron chi connectivity index (χ4n) is 2.60. The number of sulfonamides is 1. The number of hydrogen-bond donors (Lipinski definition) is 1. The lowest BCUT2D eigenvalue weighted by molar-refractivity contribution is -0.116. The number of halogens is 1. The minimum Gasteiger partial charge on any atom is -0.497 e. The maximum atomic E-state index is 13.1. The second-order valence-electron chi connectivity index (χ2n) is 6.03. The lowest BCUT2D eigenvalue weighted by Crippen LogP contribution is -2.31. The van der Waals surface area contributed by atoms with E-state index in [1.165, 1.54) is 38.5 Å². The molecule has 0 saturated carbocycles. The van der Waals surface area contributed by atoms with E-state index < -0.39 is 15.8 Å². The summed E-state index contributed by atoms with van der Waals surface area (Å²) in [5, 5.41) is 2.73. The third-order valence-electron chi connectivity index (χ3n) is 3.96. The Morgan fingerprint density at radius 3 is 2.36 bits per heavy atom. The molecule has 152 valence electrons. The number of methoxy groups -OCH3 is 2. The molecule has 0 saturated heterocycles. The Bertz CT molecular complexity index is 916. The summed E-state index contributed by atoms with van der Waals surface area (Å²) in [6.45, 7) is 0.0904. The Hall–Kier alpha value is -2.81. The molecule has 2 aromatic carbocycles. The molecule has 0 fully saturated rings. The van der Waals surface area contributed by atoms with Gasteiger partial charge in [-0.2, -0.15) is 0 Å². The number of carbonyl (C=O) groups is 1. The molecule has 0 heterocycles. The molecule has 28 heavy (non-hydrogen) atoms. The molecule has 7 nitrogen and oxygen atoms in total. The molecule has 1 N–H and O–H groups in total. The van der Waals surface area contributed by atoms with Gasteiger partial charge in [0.2, 0.25) is 15.9 Å². The summed E-state index contributed by atoms with van der Waals surface area (Å²) in [5.41, 5.74) is 0.809. The summed E-state index contributed by atoms with van der Waals surface area (Å²) in [5.74, 6) is 0.303. The molecule has 0 aromatic heterocycles. The lowest BCUT2D eigenvalue weighted by Gasteiger charge is -2.22. The van der Waals surface area contributed by atoms with Crippen molar-refractivity contribution in [2.45, 2.75) is 12.8 Å². The highest BCUT2D eigenvalue weighted by atomic mass is 32.2. The van der Waals surface area contributed by atoms with Gasteiger partial charge in [-0.05, 0) is 42.8 Å². The lowest BCUT2D eigenvalue weighted by atomic mass is 10.2. The molecule has 0 aliphatic rings.